The lowest BCUT2D eigenvalue weighted by molar-refractivity contribution is -0.126. The Balaban J connectivity index is 1.79. The average Bonchev–Trinajstić information content (AvgIpc) is 2.46. The highest BCUT2D eigenvalue weighted by atomic mass is 16.5. The van der Waals surface area contributed by atoms with Crippen LogP contribution in [0.2, 0.25) is 0 Å². The van der Waals surface area contributed by atoms with Gasteiger partial charge in [-0.1, -0.05) is 47.0 Å². The Morgan fingerprint density at radius 2 is 1.86 bits per heavy atom. The molecule has 0 bridgehead atoms. The zero-order valence-electron chi connectivity index (χ0n) is 14.5. The van der Waals surface area contributed by atoms with E-state index in [1.807, 2.05) is 0 Å². The summed E-state index contributed by atoms with van der Waals surface area (Å²) in [5, 5.41) is 13.6. The maximum Gasteiger partial charge on any atom is 0.0656 e. The molecule has 0 aromatic carbocycles. The van der Waals surface area contributed by atoms with E-state index in [9.17, 15) is 5.11 Å². The van der Waals surface area contributed by atoms with Crippen LogP contribution in [0, 0.1) is 16.7 Å². The van der Waals surface area contributed by atoms with Crippen LogP contribution in [0.4, 0.5) is 0 Å². The molecule has 0 aromatic heterocycles. The molecule has 2 atom stereocenters. The van der Waals surface area contributed by atoms with Crippen LogP contribution >= 0.6 is 0 Å². The lowest BCUT2D eigenvalue weighted by atomic mass is 9.64. The van der Waals surface area contributed by atoms with Gasteiger partial charge in [-0.3, -0.25) is 0 Å². The summed E-state index contributed by atoms with van der Waals surface area (Å²) in [5.74, 6) is 0.604. The zero-order valence-corrected chi connectivity index (χ0v) is 14.5. The predicted octanol–water partition coefficient (Wildman–Crippen LogP) is 3.36. The number of ether oxygens (including phenoxy) is 1. The summed E-state index contributed by atoms with van der Waals surface area (Å²) >= 11 is 0. The molecule has 21 heavy (non-hydrogen) atoms. The first kappa shape index (κ1) is 17.2. The molecule has 2 aliphatic rings. The number of aliphatic hydroxyl groups is 1. The number of hydrogen-bond donors (Lipinski definition) is 2. The van der Waals surface area contributed by atoms with Crippen molar-refractivity contribution in [1.29, 1.82) is 0 Å². The van der Waals surface area contributed by atoms with Gasteiger partial charge in [-0.25, -0.2) is 0 Å². The van der Waals surface area contributed by atoms with Gasteiger partial charge in [0.15, 0.2) is 0 Å². The lowest BCUT2D eigenvalue weighted by Gasteiger charge is -2.53. The molecular weight excluding hydrogens is 262 g/mol. The van der Waals surface area contributed by atoms with Crippen molar-refractivity contribution in [3.05, 3.63) is 0 Å². The van der Waals surface area contributed by atoms with Gasteiger partial charge in [0.05, 0.1) is 6.10 Å². The topological polar surface area (TPSA) is 41.5 Å². The zero-order chi connectivity index (χ0) is 15.5. The van der Waals surface area contributed by atoms with Crippen LogP contribution in [0.1, 0.15) is 66.2 Å². The van der Waals surface area contributed by atoms with E-state index in [1.54, 1.807) is 0 Å². The third-order valence-corrected chi connectivity index (χ3v) is 5.78. The number of aliphatic hydroxyl groups excluding tert-OH is 1. The highest BCUT2D eigenvalue weighted by Gasteiger charge is 2.49. The molecule has 3 heteroatoms. The minimum Gasteiger partial charge on any atom is -0.396 e. The first-order valence-corrected chi connectivity index (χ1v) is 8.85. The fourth-order valence-corrected chi connectivity index (χ4v) is 3.86. The average molecular weight is 297 g/mol. The van der Waals surface area contributed by atoms with Crippen molar-refractivity contribution in [1.82, 2.24) is 5.32 Å². The summed E-state index contributed by atoms with van der Waals surface area (Å²) in [7, 11) is 0. The summed E-state index contributed by atoms with van der Waals surface area (Å²) in [6, 6.07) is 0.528. The van der Waals surface area contributed by atoms with E-state index in [-0.39, 0.29) is 10.8 Å². The van der Waals surface area contributed by atoms with Crippen LogP contribution in [0.25, 0.3) is 0 Å². The van der Waals surface area contributed by atoms with Crippen LogP contribution in [0.3, 0.4) is 0 Å². The standard InChI is InChI=1S/C18H35NO2/c1-14(2)11-21-16-10-15(17(16,3)4)19-12-18(13-20)8-6-5-7-9-18/h14-16,19-20H,5-13H2,1-4H3. The predicted molar refractivity (Wildman–Crippen MR) is 87.4 cm³/mol. The van der Waals surface area contributed by atoms with Gasteiger partial charge < -0.3 is 15.2 Å². The molecule has 3 nitrogen and oxygen atoms in total. The van der Waals surface area contributed by atoms with Crippen molar-refractivity contribution in [2.45, 2.75) is 78.4 Å². The smallest absolute Gasteiger partial charge is 0.0656 e. The fraction of sp³-hybridized carbons (Fsp3) is 1.00. The molecule has 124 valence electrons. The van der Waals surface area contributed by atoms with E-state index in [2.05, 4.69) is 33.0 Å². The van der Waals surface area contributed by atoms with E-state index in [0.29, 0.717) is 24.7 Å². The SMILES string of the molecule is CC(C)COC1CC(NCC2(CO)CCCCC2)C1(C)C. The quantitative estimate of drug-likeness (QED) is 0.757. The second kappa shape index (κ2) is 6.97. The minimum atomic E-state index is 0.137. The maximum atomic E-state index is 9.81. The summed E-state index contributed by atoms with van der Waals surface area (Å²) in [6.45, 7) is 11.2. The third-order valence-electron chi connectivity index (χ3n) is 5.78. The third kappa shape index (κ3) is 4.00. The molecule has 0 aromatic rings. The normalized spacial score (nSPS) is 31.1. The van der Waals surface area contributed by atoms with Gasteiger partial charge in [-0.2, -0.15) is 0 Å². The fourth-order valence-electron chi connectivity index (χ4n) is 3.86. The summed E-state index contributed by atoms with van der Waals surface area (Å²) in [4.78, 5) is 0. The van der Waals surface area contributed by atoms with E-state index in [0.717, 1.165) is 19.6 Å². The Hall–Kier alpha value is -0.120. The summed E-state index contributed by atoms with van der Waals surface area (Å²) < 4.78 is 6.04. The minimum absolute atomic E-state index is 0.137. The van der Waals surface area contributed by atoms with Crippen molar-refractivity contribution >= 4 is 0 Å². The van der Waals surface area contributed by atoms with E-state index >= 15 is 0 Å². The Morgan fingerprint density at radius 1 is 1.19 bits per heavy atom. The molecule has 2 unspecified atom stereocenters. The monoisotopic (exact) mass is 297 g/mol. The molecule has 2 rings (SSSR count). The summed E-state index contributed by atoms with van der Waals surface area (Å²) in [6.07, 6.45) is 7.73. The molecule has 0 heterocycles. The molecular formula is C18H35NO2. The highest BCUT2D eigenvalue weighted by Crippen LogP contribution is 2.44. The first-order valence-electron chi connectivity index (χ1n) is 8.85. The molecule has 0 saturated heterocycles. The van der Waals surface area contributed by atoms with Gasteiger partial charge in [0.2, 0.25) is 0 Å². The molecule has 2 aliphatic carbocycles. The largest absolute Gasteiger partial charge is 0.396 e. The Morgan fingerprint density at radius 3 is 2.38 bits per heavy atom. The molecule has 0 spiro atoms. The van der Waals surface area contributed by atoms with Gasteiger partial charge >= 0.3 is 0 Å². The van der Waals surface area contributed by atoms with Gasteiger partial charge in [0, 0.05) is 36.6 Å². The van der Waals surface area contributed by atoms with Crippen molar-refractivity contribution in [3.63, 3.8) is 0 Å². The van der Waals surface area contributed by atoms with Gasteiger partial charge in [-0.15, -0.1) is 0 Å². The second-order valence-corrected chi connectivity index (χ2v) is 8.43. The Labute approximate surface area is 130 Å². The molecule has 0 aliphatic heterocycles. The van der Waals surface area contributed by atoms with E-state index < -0.39 is 0 Å². The van der Waals surface area contributed by atoms with Gasteiger partial charge in [-0.05, 0) is 25.2 Å². The number of nitrogens with one attached hydrogen (secondary N) is 1. The van der Waals surface area contributed by atoms with E-state index in [1.165, 1.54) is 32.1 Å². The van der Waals surface area contributed by atoms with Crippen LogP contribution < -0.4 is 5.32 Å². The Bertz CT molecular complexity index is 321. The molecule has 2 fully saturated rings. The molecule has 0 amide bonds. The van der Waals surface area contributed by atoms with Crippen molar-refractivity contribution in [3.8, 4) is 0 Å². The molecule has 0 radical (unpaired) electrons. The molecule has 2 N–H and O–H groups in total. The van der Waals surface area contributed by atoms with Crippen LogP contribution in [-0.2, 0) is 4.74 Å². The van der Waals surface area contributed by atoms with Gasteiger partial charge in [0.1, 0.15) is 0 Å². The number of hydrogen-bond acceptors (Lipinski definition) is 3. The van der Waals surface area contributed by atoms with Crippen LogP contribution in [-0.4, -0.2) is 37.0 Å². The Kier molecular flexibility index (Phi) is 5.72. The number of rotatable bonds is 7. The maximum absolute atomic E-state index is 9.81. The lowest BCUT2D eigenvalue weighted by Crippen LogP contribution is -2.62. The van der Waals surface area contributed by atoms with Crippen molar-refractivity contribution < 1.29 is 9.84 Å². The van der Waals surface area contributed by atoms with Crippen LogP contribution in [0.15, 0.2) is 0 Å². The first-order chi connectivity index (χ1) is 9.89. The van der Waals surface area contributed by atoms with Crippen LogP contribution in [0.5, 0.6) is 0 Å². The summed E-state index contributed by atoms with van der Waals surface area (Å²) in [5.41, 5.74) is 0.346. The highest BCUT2D eigenvalue weighted by molar-refractivity contribution is 5.03. The molecule has 2 saturated carbocycles. The van der Waals surface area contributed by atoms with Crippen molar-refractivity contribution in [2.75, 3.05) is 19.8 Å². The van der Waals surface area contributed by atoms with E-state index in [4.69, 9.17) is 4.74 Å². The second-order valence-electron chi connectivity index (χ2n) is 8.43. The van der Waals surface area contributed by atoms with Gasteiger partial charge in [0.25, 0.3) is 0 Å². The van der Waals surface area contributed by atoms with Crippen molar-refractivity contribution in [2.24, 2.45) is 16.7 Å².